The molecule has 102 valence electrons. The zero-order valence-electron chi connectivity index (χ0n) is 11.0. The second-order valence-electron chi connectivity index (χ2n) is 4.30. The lowest BCUT2D eigenvalue weighted by molar-refractivity contribution is 0.122. The number of nitrogens with one attached hydrogen (secondary N) is 1. The lowest BCUT2D eigenvalue weighted by atomic mass is 10.3. The first-order valence-electron chi connectivity index (χ1n) is 6.21. The van der Waals surface area contributed by atoms with Gasteiger partial charge in [0.1, 0.15) is 0 Å². The van der Waals surface area contributed by atoms with Gasteiger partial charge in [0, 0.05) is 25.5 Å². The van der Waals surface area contributed by atoms with Crippen molar-refractivity contribution in [2.24, 2.45) is 0 Å². The van der Waals surface area contributed by atoms with Crippen molar-refractivity contribution in [1.29, 1.82) is 0 Å². The molecule has 7 heteroatoms. The van der Waals surface area contributed by atoms with Crippen molar-refractivity contribution in [3.63, 3.8) is 0 Å². The Hall–Kier alpha value is -1.18. The van der Waals surface area contributed by atoms with E-state index >= 15 is 0 Å². The van der Waals surface area contributed by atoms with Crippen LogP contribution in [0.3, 0.4) is 0 Å². The smallest absolute Gasteiger partial charge is 0.186 e. The number of thiazole rings is 2. The first kappa shape index (κ1) is 12.8. The number of nitrogens with zero attached hydrogens (tertiary/aromatic N) is 3. The summed E-state index contributed by atoms with van der Waals surface area (Å²) in [6, 6.07) is 0. The summed E-state index contributed by atoms with van der Waals surface area (Å²) < 4.78 is 5.38. The number of aryl methyl sites for hydroxylation is 1. The number of aromatic nitrogens is 2. The topological polar surface area (TPSA) is 50.3 Å². The summed E-state index contributed by atoms with van der Waals surface area (Å²) in [5.74, 6) is 0. The lowest BCUT2D eigenvalue weighted by Crippen LogP contribution is -2.36. The third-order valence-electron chi connectivity index (χ3n) is 3.02. The van der Waals surface area contributed by atoms with Crippen molar-refractivity contribution in [2.75, 3.05) is 43.6 Å². The number of hydrogen-bond acceptors (Lipinski definition) is 7. The predicted molar refractivity (Wildman–Crippen MR) is 80.5 cm³/mol. The molecule has 3 rings (SSSR count). The molecule has 1 fully saturated rings. The fraction of sp³-hybridized carbons (Fsp3) is 0.500. The molecule has 0 atom stereocenters. The van der Waals surface area contributed by atoms with E-state index in [4.69, 9.17) is 4.74 Å². The molecule has 2 aromatic heterocycles. The van der Waals surface area contributed by atoms with Gasteiger partial charge >= 0.3 is 0 Å². The lowest BCUT2D eigenvalue weighted by Gasteiger charge is -2.25. The Morgan fingerprint density at radius 2 is 2.11 bits per heavy atom. The van der Waals surface area contributed by atoms with Crippen LogP contribution in [0.1, 0.15) is 5.69 Å². The van der Waals surface area contributed by atoms with Crippen LogP contribution < -0.4 is 10.2 Å². The molecule has 1 aliphatic heterocycles. The first-order chi connectivity index (χ1) is 9.28. The van der Waals surface area contributed by atoms with E-state index in [-0.39, 0.29) is 0 Å². The van der Waals surface area contributed by atoms with Gasteiger partial charge in [-0.15, -0.1) is 11.3 Å². The van der Waals surface area contributed by atoms with Crippen molar-refractivity contribution in [1.82, 2.24) is 9.97 Å². The minimum absolute atomic E-state index is 0.786. The summed E-state index contributed by atoms with van der Waals surface area (Å²) in [5.41, 5.74) is 2.07. The third-order valence-corrected chi connectivity index (χ3v) is 5.12. The molecule has 0 saturated carbocycles. The number of ether oxygens (including phenoxy) is 1. The Morgan fingerprint density at radius 1 is 1.32 bits per heavy atom. The van der Waals surface area contributed by atoms with Crippen LogP contribution in [0, 0.1) is 6.92 Å². The number of hydrogen-bond donors (Lipinski definition) is 1. The fourth-order valence-electron chi connectivity index (χ4n) is 2.00. The van der Waals surface area contributed by atoms with Crippen LogP contribution in [0.15, 0.2) is 5.38 Å². The summed E-state index contributed by atoms with van der Waals surface area (Å²) in [6.45, 7) is 5.47. The first-order valence-corrected chi connectivity index (χ1v) is 7.91. The molecule has 0 radical (unpaired) electrons. The molecule has 0 aliphatic carbocycles. The van der Waals surface area contributed by atoms with Crippen molar-refractivity contribution in [3.05, 3.63) is 11.1 Å². The standard InChI is InChI=1S/C12H16N4OS2/c1-8-10(9-7-18-11(13-2)15-9)19-12(14-8)16-3-5-17-6-4-16/h7H,3-6H2,1-2H3,(H,13,15). The van der Waals surface area contributed by atoms with Gasteiger partial charge in [0.2, 0.25) is 0 Å². The van der Waals surface area contributed by atoms with E-state index in [1.165, 1.54) is 4.88 Å². The van der Waals surface area contributed by atoms with Crippen molar-refractivity contribution >= 4 is 32.9 Å². The van der Waals surface area contributed by atoms with Crippen molar-refractivity contribution in [2.45, 2.75) is 6.92 Å². The summed E-state index contributed by atoms with van der Waals surface area (Å²) in [4.78, 5) is 12.7. The minimum Gasteiger partial charge on any atom is -0.378 e. The maximum absolute atomic E-state index is 5.38. The normalized spacial score (nSPS) is 15.8. The van der Waals surface area contributed by atoms with Crippen LogP contribution >= 0.6 is 22.7 Å². The third kappa shape index (κ3) is 2.58. The second kappa shape index (κ2) is 5.44. The highest BCUT2D eigenvalue weighted by Gasteiger charge is 2.18. The molecule has 0 amide bonds. The van der Waals surface area contributed by atoms with Gasteiger partial charge in [0.25, 0.3) is 0 Å². The van der Waals surface area contributed by atoms with Gasteiger partial charge in [-0.3, -0.25) is 0 Å². The molecular formula is C12H16N4OS2. The molecule has 3 heterocycles. The van der Waals surface area contributed by atoms with Crippen molar-refractivity contribution < 1.29 is 4.74 Å². The van der Waals surface area contributed by atoms with E-state index in [1.807, 2.05) is 14.0 Å². The zero-order valence-corrected chi connectivity index (χ0v) is 12.6. The molecule has 1 N–H and O–H groups in total. The van der Waals surface area contributed by atoms with Gasteiger partial charge in [0.15, 0.2) is 10.3 Å². The maximum Gasteiger partial charge on any atom is 0.186 e. The molecule has 1 aliphatic rings. The van der Waals surface area contributed by atoms with E-state index in [0.29, 0.717) is 0 Å². The van der Waals surface area contributed by atoms with E-state index in [9.17, 15) is 0 Å². The van der Waals surface area contributed by atoms with Gasteiger partial charge in [-0.05, 0) is 6.92 Å². The minimum atomic E-state index is 0.786. The quantitative estimate of drug-likeness (QED) is 0.943. The van der Waals surface area contributed by atoms with Gasteiger partial charge < -0.3 is 15.0 Å². The van der Waals surface area contributed by atoms with Crippen LogP contribution in [-0.4, -0.2) is 43.3 Å². The molecule has 0 bridgehead atoms. The van der Waals surface area contributed by atoms with E-state index in [2.05, 4.69) is 25.6 Å². The second-order valence-corrected chi connectivity index (χ2v) is 6.13. The van der Waals surface area contributed by atoms with Crippen LogP contribution in [0.4, 0.5) is 10.3 Å². The van der Waals surface area contributed by atoms with Gasteiger partial charge in [-0.1, -0.05) is 11.3 Å². The van der Waals surface area contributed by atoms with Crippen LogP contribution in [-0.2, 0) is 4.74 Å². The Kier molecular flexibility index (Phi) is 3.67. The van der Waals surface area contributed by atoms with E-state index in [0.717, 1.165) is 48.0 Å². The van der Waals surface area contributed by atoms with Crippen LogP contribution in [0.25, 0.3) is 10.6 Å². The fourth-order valence-corrected chi connectivity index (χ4v) is 3.82. The van der Waals surface area contributed by atoms with Crippen LogP contribution in [0.2, 0.25) is 0 Å². The average molecular weight is 296 g/mol. The number of rotatable bonds is 3. The molecule has 2 aromatic rings. The Bertz CT molecular complexity index is 560. The molecule has 5 nitrogen and oxygen atoms in total. The Morgan fingerprint density at radius 3 is 2.79 bits per heavy atom. The molecule has 1 saturated heterocycles. The maximum atomic E-state index is 5.38. The zero-order chi connectivity index (χ0) is 13.2. The van der Waals surface area contributed by atoms with Crippen LogP contribution in [0.5, 0.6) is 0 Å². The Balaban J connectivity index is 1.88. The molecular weight excluding hydrogens is 280 g/mol. The highest BCUT2D eigenvalue weighted by atomic mass is 32.1. The van der Waals surface area contributed by atoms with E-state index in [1.54, 1.807) is 22.7 Å². The van der Waals surface area contributed by atoms with Gasteiger partial charge in [0.05, 0.1) is 29.5 Å². The van der Waals surface area contributed by atoms with Gasteiger partial charge in [-0.25, -0.2) is 9.97 Å². The van der Waals surface area contributed by atoms with Gasteiger partial charge in [-0.2, -0.15) is 0 Å². The molecule has 0 spiro atoms. The highest BCUT2D eigenvalue weighted by molar-refractivity contribution is 7.19. The molecule has 0 unspecified atom stereocenters. The molecule has 0 aromatic carbocycles. The number of anilines is 2. The monoisotopic (exact) mass is 296 g/mol. The molecule has 19 heavy (non-hydrogen) atoms. The van der Waals surface area contributed by atoms with E-state index < -0.39 is 0 Å². The SMILES string of the molecule is CNc1nc(-c2sc(N3CCOCC3)nc2C)cs1. The highest BCUT2D eigenvalue weighted by Crippen LogP contribution is 2.36. The summed E-state index contributed by atoms with van der Waals surface area (Å²) >= 11 is 3.34. The predicted octanol–water partition coefficient (Wildman–Crippen LogP) is 2.45. The Labute approximate surface area is 120 Å². The number of morpholine rings is 1. The summed E-state index contributed by atoms with van der Waals surface area (Å²) in [5, 5.41) is 7.17. The summed E-state index contributed by atoms with van der Waals surface area (Å²) in [6.07, 6.45) is 0. The van der Waals surface area contributed by atoms with Crippen molar-refractivity contribution in [3.8, 4) is 10.6 Å². The summed E-state index contributed by atoms with van der Waals surface area (Å²) in [7, 11) is 1.89. The average Bonchev–Trinajstić information content (AvgIpc) is 3.06. The largest absolute Gasteiger partial charge is 0.378 e.